The summed E-state index contributed by atoms with van der Waals surface area (Å²) in [7, 11) is 0. The number of hydrogen-bond donors (Lipinski definition) is 1. The second kappa shape index (κ2) is 24.1. The van der Waals surface area contributed by atoms with Crippen LogP contribution in [0.25, 0.3) is 0 Å². The molecule has 8 heteroatoms. The maximum absolute atomic E-state index is 13.3. The van der Waals surface area contributed by atoms with Crippen LogP contribution in [0.5, 0.6) is 0 Å². The Kier molecular flexibility index (Phi) is 21.9. The lowest BCUT2D eigenvalue weighted by molar-refractivity contribution is -0.174. The lowest BCUT2D eigenvalue weighted by Crippen LogP contribution is -2.46. The first-order chi connectivity index (χ1) is 21.4. The standard InChI is InChI=1S/C37H66O8/c1-27(2)19-13-7-10-16-22-43-35(40)31-26-33(37(42)45-24-18-12-9-15-21-29(5)6)32(25-30(31)34(38)39)36(41)44-23-17-11-8-14-20-28(3)4/h27-33H,7-26H2,1-6H3,(H,38,39). The van der Waals surface area contributed by atoms with Crippen LogP contribution in [-0.4, -0.2) is 48.8 Å². The molecule has 0 bridgehead atoms. The molecule has 1 rings (SSSR count). The molecular formula is C37H66O8. The van der Waals surface area contributed by atoms with Gasteiger partial charge in [0.2, 0.25) is 0 Å². The van der Waals surface area contributed by atoms with E-state index in [2.05, 4.69) is 41.5 Å². The molecule has 1 aliphatic carbocycles. The van der Waals surface area contributed by atoms with Crippen molar-refractivity contribution in [1.29, 1.82) is 0 Å². The molecule has 0 radical (unpaired) electrons. The molecular weight excluding hydrogens is 572 g/mol. The highest BCUT2D eigenvalue weighted by molar-refractivity contribution is 5.87. The van der Waals surface area contributed by atoms with Crippen molar-refractivity contribution in [1.82, 2.24) is 0 Å². The molecule has 0 aliphatic heterocycles. The van der Waals surface area contributed by atoms with Gasteiger partial charge >= 0.3 is 23.9 Å². The molecule has 1 fully saturated rings. The molecule has 45 heavy (non-hydrogen) atoms. The summed E-state index contributed by atoms with van der Waals surface area (Å²) >= 11 is 0. The van der Waals surface area contributed by atoms with Crippen molar-refractivity contribution in [3.63, 3.8) is 0 Å². The maximum atomic E-state index is 13.3. The van der Waals surface area contributed by atoms with E-state index in [9.17, 15) is 24.3 Å². The molecule has 1 saturated carbocycles. The van der Waals surface area contributed by atoms with Gasteiger partial charge < -0.3 is 19.3 Å². The number of esters is 3. The summed E-state index contributed by atoms with van der Waals surface area (Å²) in [6.45, 7) is 13.9. The number of carboxylic acid groups (broad SMARTS) is 1. The fourth-order valence-corrected chi connectivity index (χ4v) is 6.12. The lowest BCUT2D eigenvalue weighted by atomic mass is 9.68. The van der Waals surface area contributed by atoms with Crippen LogP contribution in [0.3, 0.4) is 0 Å². The van der Waals surface area contributed by atoms with Gasteiger partial charge in [-0.1, -0.05) is 119 Å². The van der Waals surface area contributed by atoms with E-state index in [0.717, 1.165) is 70.6 Å². The summed E-state index contributed by atoms with van der Waals surface area (Å²) in [6, 6.07) is 0. The minimum absolute atomic E-state index is 0.0909. The van der Waals surface area contributed by atoms with Crippen molar-refractivity contribution >= 4 is 23.9 Å². The van der Waals surface area contributed by atoms with Gasteiger partial charge in [-0.25, -0.2) is 0 Å². The van der Waals surface area contributed by atoms with Gasteiger partial charge in [0.15, 0.2) is 0 Å². The van der Waals surface area contributed by atoms with E-state index < -0.39 is 47.5 Å². The summed E-state index contributed by atoms with van der Waals surface area (Å²) in [5, 5.41) is 10.0. The van der Waals surface area contributed by atoms with Crippen molar-refractivity contribution in [3.8, 4) is 0 Å². The van der Waals surface area contributed by atoms with Crippen LogP contribution in [-0.2, 0) is 33.4 Å². The molecule has 0 saturated heterocycles. The first-order valence-corrected chi connectivity index (χ1v) is 18.2. The van der Waals surface area contributed by atoms with Gasteiger partial charge in [0, 0.05) is 0 Å². The Labute approximate surface area is 274 Å². The Balaban J connectivity index is 2.79. The zero-order chi connectivity index (χ0) is 33.6. The minimum atomic E-state index is -1.16. The van der Waals surface area contributed by atoms with Crippen molar-refractivity contribution in [2.24, 2.45) is 41.4 Å². The predicted octanol–water partition coefficient (Wildman–Crippen LogP) is 8.78. The summed E-state index contributed by atoms with van der Waals surface area (Å²) in [5.41, 5.74) is 0. The Bertz CT molecular complexity index is 836. The smallest absolute Gasteiger partial charge is 0.309 e. The maximum Gasteiger partial charge on any atom is 0.309 e. The second-order valence-electron chi connectivity index (χ2n) is 14.5. The number of ether oxygens (including phenoxy) is 3. The van der Waals surface area contributed by atoms with E-state index >= 15 is 0 Å². The summed E-state index contributed by atoms with van der Waals surface area (Å²) in [5.74, 6) is -4.95. The third-order valence-electron chi connectivity index (χ3n) is 8.97. The van der Waals surface area contributed by atoms with E-state index in [1.807, 2.05) is 0 Å². The van der Waals surface area contributed by atoms with Crippen LogP contribution >= 0.6 is 0 Å². The highest BCUT2D eigenvalue weighted by Crippen LogP contribution is 2.40. The molecule has 262 valence electrons. The second-order valence-corrected chi connectivity index (χ2v) is 14.5. The fraction of sp³-hybridized carbons (Fsp3) is 0.892. The Morgan fingerprint density at radius 2 is 0.733 bits per heavy atom. The number of carboxylic acids is 1. The number of carbonyl (C=O) groups is 4. The summed E-state index contributed by atoms with van der Waals surface area (Å²) in [6.07, 6.45) is 14.8. The van der Waals surface area contributed by atoms with Crippen LogP contribution in [0.4, 0.5) is 0 Å². The van der Waals surface area contributed by atoms with Crippen LogP contribution in [0.15, 0.2) is 0 Å². The monoisotopic (exact) mass is 638 g/mol. The third-order valence-corrected chi connectivity index (χ3v) is 8.97. The van der Waals surface area contributed by atoms with Gasteiger partial charge in [0.25, 0.3) is 0 Å². The molecule has 4 unspecified atom stereocenters. The van der Waals surface area contributed by atoms with E-state index in [1.165, 1.54) is 19.3 Å². The van der Waals surface area contributed by atoms with Gasteiger partial charge in [-0.2, -0.15) is 0 Å². The van der Waals surface area contributed by atoms with E-state index in [-0.39, 0.29) is 32.7 Å². The molecule has 4 atom stereocenters. The van der Waals surface area contributed by atoms with E-state index in [0.29, 0.717) is 24.2 Å². The predicted molar refractivity (Wildman–Crippen MR) is 177 cm³/mol. The summed E-state index contributed by atoms with van der Waals surface area (Å²) < 4.78 is 16.7. The number of hydrogen-bond acceptors (Lipinski definition) is 7. The van der Waals surface area contributed by atoms with Crippen LogP contribution in [0.1, 0.15) is 151 Å². The largest absolute Gasteiger partial charge is 0.481 e. The zero-order valence-electron chi connectivity index (χ0n) is 29.5. The number of carbonyl (C=O) groups excluding carboxylic acids is 3. The fourth-order valence-electron chi connectivity index (χ4n) is 6.12. The van der Waals surface area contributed by atoms with Crippen molar-refractivity contribution in [2.45, 2.75) is 151 Å². The third kappa shape index (κ3) is 18.6. The van der Waals surface area contributed by atoms with Gasteiger partial charge in [-0.15, -0.1) is 0 Å². The SMILES string of the molecule is CC(C)CCCCCCOC(=O)C1CC(C(=O)OCCCCCCC(C)C)C(C(=O)OCCCCCCC(C)C)CC1C(=O)O. The van der Waals surface area contributed by atoms with Gasteiger partial charge in [-0.3, -0.25) is 19.2 Å². The molecule has 0 aromatic carbocycles. The first-order valence-electron chi connectivity index (χ1n) is 18.2. The number of rotatable bonds is 25. The minimum Gasteiger partial charge on any atom is -0.481 e. The normalized spacial score (nSPS) is 20.0. The first kappa shape index (κ1) is 40.9. The van der Waals surface area contributed by atoms with Gasteiger partial charge in [0.1, 0.15) is 0 Å². The van der Waals surface area contributed by atoms with E-state index in [1.54, 1.807) is 0 Å². The molecule has 1 aliphatic rings. The van der Waals surface area contributed by atoms with Gasteiger partial charge in [-0.05, 0) is 49.9 Å². The highest BCUT2D eigenvalue weighted by Gasteiger charge is 2.50. The van der Waals surface area contributed by atoms with Crippen LogP contribution in [0, 0.1) is 41.4 Å². The average molecular weight is 639 g/mol. The topological polar surface area (TPSA) is 116 Å². The Hall–Kier alpha value is -2.12. The number of aliphatic carboxylic acids is 1. The molecule has 0 aromatic heterocycles. The zero-order valence-corrected chi connectivity index (χ0v) is 29.5. The Morgan fingerprint density at radius 1 is 0.467 bits per heavy atom. The quantitative estimate of drug-likeness (QED) is 0.0599. The van der Waals surface area contributed by atoms with Crippen LogP contribution in [0.2, 0.25) is 0 Å². The van der Waals surface area contributed by atoms with Crippen LogP contribution < -0.4 is 0 Å². The molecule has 8 nitrogen and oxygen atoms in total. The molecule has 0 spiro atoms. The van der Waals surface area contributed by atoms with E-state index in [4.69, 9.17) is 14.2 Å². The summed E-state index contributed by atoms with van der Waals surface area (Å²) in [4.78, 5) is 52.0. The highest BCUT2D eigenvalue weighted by atomic mass is 16.5. The average Bonchev–Trinajstić information content (AvgIpc) is 2.98. The molecule has 0 heterocycles. The number of unbranched alkanes of at least 4 members (excludes halogenated alkanes) is 9. The molecule has 0 aromatic rings. The molecule has 1 N–H and O–H groups in total. The van der Waals surface area contributed by atoms with Gasteiger partial charge in [0.05, 0.1) is 43.5 Å². The Morgan fingerprint density at radius 3 is 1.02 bits per heavy atom. The van der Waals surface area contributed by atoms with Crippen molar-refractivity contribution < 1.29 is 38.5 Å². The van der Waals surface area contributed by atoms with Crippen molar-refractivity contribution in [2.75, 3.05) is 19.8 Å². The lowest BCUT2D eigenvalue weighted by Gasteiger charge is -2.36. The molecule has 0 amide bonds. The van der Waals surface area contributed by atoms with Crippen molar-refractivity contribution in [3.05, 3.63) is 0 Å².